The van der Waals surface area contributed by atoms with E-state index in [0.29, 0.717) is 19.6 Å². The molecule has 5 rings (SSSR count). The van der Waals surface area contributed by atoms with E-state index in [0.717, 1.165) is 49.1 Å². The molecule has 1 N–H and O–H groups in total. The van der Waals surface area contributed by atoms with Gasteiger partial charge in [0.2, 0.25) is 0 Å². The molecule has 0 saturated carbocycles. The van der Waals surface area contributed by atoms with Gasteiger partial charge < -0.3 is 19.3 Å². The van der Waals surface area contributed by atoms with Crippen molar-refractivity contribution in [1.29, 1.82) is 0 Å². The molecular weight excluding hydrogens is 468 g/mol. The van der Waals surface area contributed by atoms with Crippen molar-refractivity contribution in [1.82, 2.24) is 0 Å². The summed E-state index contributed by atoms with van der Waals surface area (Å²) in [6.07, 6.45) is 0.607. The van der Waals surface area contributed by atoms with E-state index in [1.807, 2.05) is 48.5 Å². The normalized spacial score (nSPS) is 10.9. The number of aliphatic hydroxyl groups is 1. The molecule has 0 saturated heterocycles. The second-order valence-electron chi connectivity index (χ2n) is 8.56. The molecule has 5 aromatic rings. The van der Waals surface area contributed by atoms with E-state index in [1.54, 1.807) is 11.3 Å². The van der Waals surface area contributed by atoms with Gasteiger partial charge in [0.05, 0.1) is 11.5 Å². The highest BCUT2D eigenvalue weighted by atomic mass is 32.1. The van der Waals surface area contributed by atoms with Gasteiger partial charge in [0.1, 0.15) is 23.9 Å². The number of thiophene rings is 1. The Morgan fingerprint density at radius 2 is 1.47 bits per heavy atom. The molecule has 0 unspecified atom stereocenters. The molecule has 1 heterocycles. The average Bonchev–Trinajstić information content (AvgIpc) is 3.27. The van der Waals surface area contributed by atoms with Crippen molar-refractivity contribution in [3.63, 3.8) is 0 Å². The maximum absolute atomic E-state index is 8.95. The maximum Gasteiger partial charge on any atom is 0.153 e. The van der Waals surface area contributed by atoms with Crippen LogP contribution in [0.25, 0.3) is 20.5 Å². The molecule has 0 aliphatic heterocycles. The van der Waals surface area contributed by atoms with Crippen LogP contribution in [-0.4, -0.2) is 18.3 Å². The molecule has 5 heteroatoms. The molecule has 0 spiro atoms. The van der Waals surface area contributed by atoms with Crippen LogP contribution in [0.1, 0.15) is 17.5 Å². The lowest BCUT2D eigenvalue weighted by Crippen LogP contribution is -1.99. The Labute approximate surface area is 215 Å². The maximum atomic E-state index is 8.95. The summed E-state index contributed by atoms with van der Waals surface area (Å²) < 4.78 is 19.3. The summed E-state index contributed by atoms with van der Waals surface area (Å²) in [4.78, 5) is 1.08. The minimum atomic E-state index is 0.118. The highest BCUT2D eigenvalue weighted by Crippen LogP contribution is 2.47. The van der Waals surface area contributed by atoms with Crippen molar-refractivity contribution in [2.75, 3.05) is 13.2 Å². The third-order valence-electron chi connectivity index (χ3n) is 5.79. The van der Waals surface area contributed by atoms with E-state index in [9.17, 15) is 0 Å². The lowest BCUT2D eigenvalue weighted by molar-refractivity contribution is 0.233. The van der Waals surface area contributed by atoms with Crippen LogP contribution in [0.4, 0.5) is 0 Å². The molecule has 1 aromatic heterocycles. The predicted molar refractivity (Wildman–Crippen MR) is 146 cm³/mol. The fraction of sp³-hybridized carbons (Fsp3) is 0.161. The van der Waals surface area contributed by atoms with Gasteiger partial charge >= 0.3 is 0 Å². The van der Waals surface area contributed by atoms with Gasteiger partial charge in [0.15, 0.2) is 5.75 Å². The largest absolute Gasteiger partial charge is 0.494 e. The quantitative estimate of drug-likeness (QED) is 0.199. The first-order valence-electron chi connectivity index (χ1n) is 12.0. The Kier molecular flexibility index (Phi) is 7.50. The summed E-state index contributed by atoms with van der Waals surface area (Å²) in [5.74, 6) is 3.16. The fourth-order valence-electron chi connectivity index (χ4n) is 3.86. The molecule has 0 aliphatic rings. The van der Waals surface area contributed by atoms with E-state index < -0.39 is 0 Å². The summed E-state index contributed by atoms with van der Waals surface area (Å²) in [5, 5.41) is 9.99. The number of hydrogen-bond acceptors (Lipinski definition) is 5. The second-order valence-corrected chi connectivity index (χ2v) is 9.61. The first-order chi connectivity index (χ1) is 17.7. The van der Waals surface area contributed by atoms with Crippen LogP contribution >= 0.6 is 11.3 Å². The topological polar surface area (TPSA) is 47.9 Å². The minimum absolute atomic E-state index is 0.118. The smallest absolute Gasteiger partial charge is 0.153 e. The standard InChI is InChI=1S/C31H28O4S/c1-22-8-10-24(11-9-22)31-30(35-26-14-12-25(13-15-26)33-19-5-18-32)28-17-16-27(20-29(28)36-31)34-21-23-6-3-2-4-7-23/h2-4,6-17,20,32H,5,18-19,21H2,1H3. The number of ether oxygens (including phenoxy) is 3. The van der Waals surface area contributed by atoms with Crippen LogP contribution in [0.15, 0.2) is 97.1 Å². The number of fused-ring (bicyclic) bond motifs is 1. The predicted octanol–water partition coefficient (Wildman–Crippen LogP) is 8.01. The van der Waals surface area contributed by atoms with Gasteiger partial charge in [-0.1, -0.05) is 60.2 Å². The molecule has 0 atom stereocenters. The molecule has 4 nitrogen and oxygen atoms in total. The number of benzene rings is 4. The summed E-state index contributed by atoms with van der Waals surface area (Å²) in [5.41, 5.74) is 3.47. The van der Waals surface area contributed by atoms with Gasteiger partial charge in [-0.15, -0.1) is 11.3 Å². The Bertz CT molecular complexity index is 1410. The number of aryl methyl sites for hydroxylation is 1. The van der Waals surface area contributed by atoms with Crippen molar-refractivity contribution < 1.29 is 19.3 Å². The minimum Gasteiger partial charge on any atom is -0.494 e. The van der Waals surface area contributed by atoms with Crippen molar-refractivity contribution in [2.24, 2.45) is 0 Å². The summed E-state index contributed by atoms with van der Waals surface area (Å²) >= 11 is 1.70. The summed E-state index contributed by atoms with van der Waals surface area (Å²) in [6.45, 7) is 3.22. The van der Waals surface area contributed by atoms with E-state index in [2.05, 4.69) is 55.5 Å². The van der Waals surface area contributed by atoms with E-state index in [-0.39, 0.29) is 6.61 Å². The van der Waals surface area contributed by atoms with Crippen molar-refractivity contribution in [3.05, 3.63) is 108 Å². The zero-order valence-corrected chi connectivity index (χ0v) is 21.0. The average molecular weight is 497 g/mol. The van der Waals surface area contributed by atoms with Gasteiger partial charge in [0, 0.05) is 23.1 Å². The van der Waals surface area contributed by atoms with Crippen molar-refractivity contribution >= 4 is 21.4 Å². The first-order valence-corrected chi connectivity index (χ1v) is 12.8. The van der Waals surface area contributed by atoms with Crippen LogP contribution in [-0.2, 0) is 6.61 Å². The fourth-order valence-corrected chi connectivity index (χ4v) is 5.02. The Balaban J connectivity index is 1.44. The zero-order chi connectivity index (χ0) is 24.7. The van der Waals surface area contributed by atoms with Gasteiger partial charge in [0.25, 0.3) is 0 Å². The number of hydrogen-bond donors (Lipinski definition) is 1. The second kappa shape index (κ2) is 11.3. The van der Waals surface area contributed by atoms with Crippen molar-refractivity contribution in [2.45, 2.75) is 20.0 Å². The molecule has 182 valence electrons. The van der Waals surface area contributed by atoms with Gasteiger partial charge in [-0.05, 0) is 60.5 Å². The van der Waals surface area contributed by atoms with Crippen LogP contribution in [0.2, 0.25) is 0 Å². The van der Waals surface area contributed by atoms with Gasteiger partial charge in [-0.2, -0.15) is 0 Å². The summed E-state index contributed by atoms with van der Waals surface area (Å²) in [6, 6.07) is 32.5. The van der Waals surface area contributed by atoms with E-state index >= 15 is 0 Å². The molecule has 0 radical (unpaired) electrons. The molecule has 0 amide bonds. The third-order valence-corrected chi connectivity index (χ3v) is 6.98. The van der Waals surface area contributed by atoms with E-state index in [4.69, 9.17) is 19.3 Å². The first kappa shape index (κ1) is 23.9. The molecule has 4 aromatic carbocycles. The Hall–Kier alpha value is -3.80. The number of rotatable bonds is 10. The highest BCUT2D eigenvalue weighted by Gasteiger charge is 2.17. The molecule has 0 bridgehead atoms. The lowest BCUT2D eigenvalue weighted by atomic mass is 10.1. The van der Waals surface area contributed by atoms with Crippen LogP contribution < -0.4 is 14.2 Å². The molecule has 0 fully saturated rings. The van der Waals surface area contributed by atoms with E-state index in [1.165, 1.54) is 5.56 Å². The Morgan fingerprint density at radius 3 is 2.22 bits per heavy atom. The van der Waals surface area contributed by atoms with Crippen LogP contribution in [0, 0.1) is 6.92 Å². The van der Waals surface area contributed by atoms with Gasteiger partial charge in [-0.3, -0.25) is 0 Å². The lowest BCUT2D eigenvalue weighted by Gasteiger charge is -2.10. The third kappa shape index (κ3) is 5.70. The molecule has 0 aliphatic carbocycles. The molecule has 36 heavy (non-hydrogen) atoms. The SMILES string of the molecule is Cc1ccc(-c2sc3cc(OCc4ccccc4)ccc3c2Oc2ccc(OCCCO)cc2)cc1. The van der Waals surface area contributed by atoms with Crippen LogP contribution in [0.3, 0.4) is 0 Å². The summed E-state index contributed by atoms with van der Waals surface area (Å²) in [7, 11) is 0. The monoisotopic (exact) mass is 496 g/mol. The van der Waals surface area contributed by atoms with Crippen molar-refractivity contribution in [3.8, 4) is 33.4 Å². The molecular formula is C31H28O4S. The van der Waals surface area contributed by atoms with Crippen LogP contribution in [0.5, 0.6) is 23.0 Å². The van der Waals surface area contributed by atoms with Gasteiger partial charge in [-0.25, -0.2) is 0 Å². The highest BCUT2D eigenvalue weighted by molar-refractivity contribution is 7.22. The Morgan fingerprint density at radius 1 is 0.750 bits per heavy atom. The zero-order valence-electron chi connectivity index (χ0n) is 20.1. The number of aliphatic hydroxyl groups excluding tert-OH is 1.